The Morgan fingerprint density at radius 3 is 2.54 bits per heavy atom. The van der Waals surface area contributed by atoms with E-state index in [2.05, 4.69) is 5.32 Å². The molecule has 1 heterocycles. The number of nitrogens with zero attached hydrogens (tertiary/aromatic N) is 1. The number of anilines is 1. The van der Waals surface area contributed by atoms with Crippen molar-refractivity contribution in [2.24, 2.45) is 0 Å². The summed E-state index contributed by atoms with van der Waals surface area (Å²) < 4.78 is 10.5. The first-order valence-electron chi connectivity index (χ1n) is 8.73. The molecule has 8 heteroatoms. The Kier molecular flexibility index (Phi) is 6.31. The van der Waals surface area contributed by atoms with Crippen LogP contribution >= 0.6 is 23.2 Å². The fourth-order valence-corrected chi connectivity index (χ4v) is 3.61. The van der Waals surface area contributed by atoms with Crippen LogP contribution in [0.4, 0.5) is 5.69 Å². The molecule has 0 bridgehead atoms. The lowest BCUT2D eigenvalue weighted by molar-refractivity contribution is -0.119. The zero-order chi connectivity index (χ0) is 20.3. The summed E-state index contributed by atoms with van der Waals surface area (Å²) in [5, 5.41) is 3.57. The predicted molar refractivity (Wildman–Crippen MR) is 109 cm³/mol. The molecular weight excluding hydrogens is 403 g/mol. The first-order valence-corrected chi connectivity index (χ1v) is 9.49. The molecule has 3 rings (SSSR count). The Morgan fingerprint density at radius 1 is 1.07 bits per heavy atom. The summed E-state index contributed by atoms with van der Waals surface area (Å²) in [7, 11) is 3.06. The highest BCUT2D eigenvalue weighted by atomic mass is 35.5. The van der Waals surface area contributed by atoms with Gasteiger partial charge in [-0.05, 0) is 43.2 Å². The van der Waals surface area contributed by atoms with E-state index >= 15 is 0 Å². The van der Waals surface area contributed by atoms with Crippen LogP contribution in [0.1, 0.15) is 23.2 Å². The molecule has 1 saturated heterocycles. The molecule has 0 spiro atoms. The van der Waals surface area contributed by atoms with E-state index < -0.39 is 6.04 Å². The lowest BCUT2D eigenvalue weighted by atomic mass is 10.1. The van der Waals surface area contributed by atoms with E-state index in [1.165, 1.54) is 18.1 Å². The molecule has 1 fully saturated rings. The Morgan fingerprint density at radius 2 is 1.82 bits per heavy atom. The number of halogens is 2. The van der Waals surface area contributed by atoms with Gasteiger partial charge in [-0.1, -0.05) is 23.2 Å². The topological polar surface area (TPSA) is 67.9 Å². The van der Waals surface area contributed by atoms with Gasteiger partial charge in [-0.15, -0.1) is 0 Å². The Hall–Kier alpha value is -2.44. The van der Waals surface area contributed by atoms with Crippen LogP contribution in [0.25, 0.3) is 0 Å². The number of likely N-dealkylation sites (tertiary alicyclic amines) is 1. The zero-order valence-electron chi connectivity index (χ0n) is 15.5. The number of benzene rings is 2. The van der Waals surface area contributed by atoms with Gasteiger partial charge in [0.05, 0.1) is 24.8 Å². The van der Waals surface area contributed by atoms with Gasteiger partial charge >= 0.3 is 0 Å². The van der Waals surface area contributed by atoms with Crippen LogP contribution in [-0.2, 0) is 4.79 Å². The number of rotatable bonds is 5. The first kappa shape index (κ1) is 20.3. The molecule has 0 saturated carbocycles. The van der Waals surface area contributed by atoms with Crippen LogP contribution in [-0.4, -0.2) is 43.5 Å². The van der Waals surface area contributed by atoms with Crippen molar-refractivity contribution in [3.05, 3.63) is 52.0 Å². The van der Waals surface area contributed by atoms with E-state index in [0.29, 0.717) is 45.8 Å². The number of methoxy groups -OCH3 is 2. The van der Waals surface area contributed by atoms with Gasteiger partial charge in [-0.25, -0.2) is 0 Å². The minimum atomic E-state index is -0.587. The lowest BCUT2D eigenvalue weighted by Gasteiger charge is -2.24. The van der Waals surface area contributed by atoms with E-state index in [-0.39, 0.29) is 11.8 Å². The van der Waals surface area contributed by atoms with Crippen LogP contribution in [0.5, 0.6) is 11.5 Å². The molecule has 1 unspecified atom stereocenters. The first-order chi connectivity index (χ1) is 13.4. The number of carbonyl (C=O) groups is 2. The molecule has 2 aromatic carbocycles. The van der Waals surface area contributed by atoms with Gasteiger partial charge in [0.1, 0.15) is 6.04 Å². The van der Waals surface area contributed by atoms with Crippen LogP contribution in [0.2, 0.25) is 10.0 Å². The van der Waals surface area contributed by atoms with Crippen LogP contribution in [0.3, 0.4) is 0 Å². The standard InChI is InChI=1S/C20H20Cl2N2O4/c1-27-17-8-6-13(11-18(17)28-2)23-19(25)16-4-3-9-24(16)20(26)14-10-12(21)5-7-15(14)22/h5-8,10-11,16H,3-4,9H2,1-2H3,(H,23,25). The summed E-state index contributed by atoms with van der Waals surface area (Å²) in [4.78, 5) is 27.3. The lowest BCUT2D eigenvalue weighted by Crippen LogP contribution is -2.43. The summed E-state index contributed by atoms with van der Waals surface area (Å²) >= 11 is 12.2. The molecule has 1 aliphatic heterocycles. The Bertz CT molecular complexity index is 904. The second-order valence-corrected chi connectivity index (χ2v) is 7.18. The number of nitrogens with one attached hydrogen (secondary N) is 1. The second kappa shape index (κ2) is 8.71. The summed E-state index contributed by atoms with van der Waals surface area (Å²) in [5.41, 5.74) is 0.850. The monoisotopic (exact) mass is 422 g/mol. The SMILES string of the molecule is COc1ccc(NC(=O)C2CCCN2C(=O)c2cc(Cl)ccc2Cl)cc1OC. The molecule has 1 N–H and O–H groups in total. The van der Waals surface area contributed by atoms with Gasteiger partial charge in [0.15, 0.2) is 11.5 Å². The molecule has 2 aromatic rings. The van der Waals surface area contributed by atoms with E-state index in [0.717, 1.165) is 6.42 Å². The average molecular weight is 423 g/mol. The summed E-state index contributed by atoms with van der Waals surface area (Å²) in [6.07, 6.45) is 1.30. The van der Waals surface area contributed by atoms with Gasteiger partial charge in [-0.3, -0.25) is 9.59 Å². The van der Waals surface area contributed by atoms with Crippen molar-refractivity contribution >= 4 is 40.7 Å². The molecule has 148 valence electrons. The van der Waals surface area contributed by atoms with E-state index in [1.807, 2.05) is 0 Å². The second-order valence-electron chi connectivity index (χ2n) is 6.34. The fourth-order valence-electron chi connectivity index (χ4n) is 3.24. The van der Waals surface area contributed by atoms with E-state index in [4.69, 9.17) is 32.7 Å². The number of hydrogen-bond donors (Lipinski definition) is 1. The number of carbonyl (C=O) groups excluding carboxylic acids is 2. The molecule has 1 aliphatic rings. The molecule has 0 aliphatic carbocycles. The van der Waals surface area contributed by atoms with Crippen molar-refractivity contribution in [2.45, 2.75) is 18.9 Å². The normalized spacial score (nSPS) is 16.0. The number of ether oxygens (including phenoxy) is 2. The molecule has 1 atom stereocenters. The smallest absolute Gasteiger partial charge is 0.256 e. The van der Waals surface area contributed by atoms with Crippen molar-refractivity contribution in [1.82, 2.24) is 4.90 Å². The van der Waals surface area contributed by atoms with Crippen molar-refractivity contribution in [2.75, 3.05) is 26.1 Å². The Labute approximate surface area is 173 Å². The van der Waals surface area contributed by atoms with Crippen LogP contribution in [0, 0.1) is 0 Å². The third kappa shape index (κ3) is 4.18. The highest BCUT2D eigenvalue weighted by Crippen LogP contribution is 2.31. The van der Waals surface area contributed by atoms with Crippen molar-refractivity contribution < 1.29 is 19.1 Å². The van der Waals surface area contributed by atoms with Gasteiger partial charge in [0.25, 0.3) is 5.91 Å². The fraction of sp³-hybridized carbons (Fsp3) is 0.300. The predicted octanol–water partition coefficient (Wildman–Crippen LogP) is 4.25. The quantitative estimate of drug-likeness (QED) is 0.781. The molecule has 28 heavy (non-hydrogen) atoms. The third-order valence-electron chi connectivity index (χ3n) is 4.63. The van der Waals surface area contributed by atoms with Gasteiger partial charge in [0, 0.05) is 23.3 Å². The van der Waals surface area contributed by atoms with Crippen LogP contribution in [0.15, 0.2) is 36.4 Å². The van der Waals surface area contributed by atoms with Crippen molar-refractivity contribution in [3.8, 4) is 11.5 Å². The maximum atomic E-state index is 12.9. The van der Waals surface area contributed by atoms with Crippen LogP contribution < -0.4 is 14.8 Å². The van der Waals surface area contributed by atoms with E-state index in [9.17, 15) is 9.59 Å². The number of amides is 2. The minimum Gasteiger partial charge on any atom is -0.493 e. The molecule has 0 aromatic heterocycles. The molecule has 6 nitrogen and oxygen atoms in total. The largest absolute Gasteiger partial charge is 0.493 e. The summed E-state index contributed by atoms with van der Waals surface area (Å²) in [6.45, 7) is 0.478. The number of hydrogen-bond acceptors (Lipinski definition) is 4. The highest BCUT2D eigenvalue weighted by Gasteiger charge is 2.35. The molecule has 0 radical (unpaired) electrons. The third-order valence-corrected chi connectivity index (χ3v) is 5.19. The Balaban J connectivity index is 1.78. The van der Waals surface area contributed by atoms with Gasteiger partial charge in [-0.2, -0.15) is 0 Å². The van der Waals surface area contributed by atoms with E-state index in [1.54, 1.807) is 37.4 Å². The van der Waals surface area contributed by atoms with Crippen molar-refractivity contribution in [3.63, 3.8) is 0 Å². The van der Waals surface area contributed by atoms with Gasteiger partial charge in [0.2, 0.25) is 5.91 Å². The summed E-state index contributed by atoms with van der Waals surface area (Å²) in [5.74, 6) is 0.493. The molecular formula is C20H20Cl2N2O4. The maximum absolute atomic E-state index is 12.9. The van der Waals surface area contributed by atoms with Crippen molar-refractivity contribution in [1.29, 1.82) is 0 Å². The zero-order valence-corrected chi connectivity index (χ0v) is 17.0. The summed E-state index contributed by atoms with van der Waals surface area (Å²) in [6, 6.07) is 9.22. The van der Waals surface area contributed by atoms with Gasteiger partial charge < -0.3 is 19.7 Å². The average Bonchev–Trinajstić information content (AvgIpc) is 3.19. The minimum absolute atomic E-state index is 0.267. The highest BCUT2D eigenvalue weighted by molar-refractivity contribution is 6.35. The maximum Gasteiger partial charge on any atom is 0.256 e. The molecule has 2 amide bonds.